The third-order valence-corrected chi connectivity index (χ3v) is 1.75. The summed E-state index contributed by atoms with van der Waals surface area (Å²) in [6, 6.07) is 6.31. The van der Waals surface area contributed by atoms with Gasteiger partial charge in [0.25, 0.3) is 0 Å². The fraction of sp³-hybridized carbons (Fsp3) is 0.111. The molecule has 0 aliphatic carbocycles. The summed E-state index contributed by atoms with van der Waals surface area (Å²) >= 11 is 5.62. The minimum Gasteiger partial charge on any atom is -0.369 e. The van der Waals surface area contributed by atoms with Crippen molar-refractivity contribution in [3.63, 3.8) is 0 Å². The summed E-state index contributed by atoms with van der Waals surface area (Å²) in [7, 11) is 0. The molecule has 0 bridgehead atoms. The van der Waals surface area contributed by atoms with E-state index in [1.165, 1.54) is 0 Å². The van der Waals surface area contributed by atoms with Crippen molar-refractivity contribution >= 4 is 23.3 Å². The summed E-state index contributed by atoms with van der Waals surface area (Å²) < 4.78 is 0. The highest BCUT2D eigenvalue weighted by Crippen LogP contribution is 2.10. The molecule has 0 aliphatic heterocycles. The Morgan fingerprint density at radius 1 is 1.23 bits per heavy atom. The van der Waals surface area contributed by atoms with Crippen LogP contribution in [0.5, 0.6) is 0 Å². The van der Waals surface area contributed by atoms with Crippen LogP contribution in [-0.4, -0.2) is 11.7 Å². The van der Waals surface area contributed by atoms with Crippen molar-refractivity contribution in [3.8, 4) is 0 Å². The maximum atomic E-state index is 11.2. The summed E-state index contributed by atoms with van der Waals surface area (Å²) in [4.78, 5) is 21.6. The number of amides is 1. The molecule has 0 heterocycles. The number of carbonyl (C=O) groups is 2. The Morgan fingerprint density at radius 3 is 2.23 bits per heavy atom. The number of hydrogen-bond acceptors (Lipinski definition) is 2. The quantitative estimate of drug-likeness (QED) is 0.588. The minimum absolute atomic E-state index is 0.262. The minimum atomic E-state index is -0.625. The zero-order chi connectivity index (χ0) is 9.84. The van der Waals surface area contributed by atoms with Gasteiger partial charge in [-0.3, -0.25) is 9.59 Å². The molecule has 13 heavy (non-hydrogen) atoms. The number of carbonyl (C=O) groups excluding carboxylic acids is 2. The lowest BCUT2D eigenvalue weighted by atomic mass is 10.1. The summed E-state index contributed by atoms with van der Waals surface area (Å²) in [6.45, 7) is 0. The van der Waals surface area contributed by atoms with Gasteiger partial charge in [0, 0.05) is 10.6 Å². The lowest BCUT2D eigenvalue weighted by Crippen LogP contribution is -2.16. The third kappa shape index (κ3) is 2.87. The van der Waals surface area contributed by atoms with E-state index in [-0.39, 0.29) is 12.2 Å². The van der Waals surface area contributed by atoms with E-state index in [0.29, 0.717) is 10.6 Å². The van der Waals surface area contributed by atoms with Crippen LogP contribution >= 0.6 is 11.6 Å². The van der Waals surface area contributed by atoms with E-state index in [1.54, 1.807) is 24.3 Å². The van der Waals surface area contributed by atoms with E-state index in [4.69, 9.17) is 17.3 Å². The van der Waals surface area contributed by atoms with Crippen molar-refractivity contribution in [3.05, 3.63) is 34.9 Å². The monoisotopic (exact) mass is 197 g/mol. The molecule has 1 aromatic rings. The highest BCUT2D eigenvalue weighted by atomic mass is 35.5. The van der Waals surface area contributed by atoms with E-state index in [0.717, 1.165) is 0 Å². The van der Waals surface area contributed by atoms with Crippen molar-refractivity contribution in [2.75, 3.05) is 0 Å². The Kier molecular flexibility index (Phi) is 3.03. The van der Waals surface area contributed by atoms with Gasteiger partial charge in [-0.1, -0.05) is 11.6 Å². The molecule has 0 radical (unpaired) electrons. The predicted octanol–water partition coefficient (Wildman–Crippen LogP) is 1.40. The fourth-order valence-electron chi connectivity index (χ4n) is 0.896. The lowest BCUT2D eigenvalue weighted by Gasteiger charge is -1.97. The van der Waals surface area contributed by atoms with Crippen LogP contribution in [0.2, 0.25) is 5.02 Å². The van der Waals surface area contributed by atoms with E-state index in [2.05, 4.69) is 0 Å². The molecule has 0 unspecified atom stereocenters. The average molecular weight is 198 g/mol. The van der Waals surface area contributed by atoms with Gasteiger partial charge in [-0.2, -0.15) is 0 Å². The van der Waals surface area contributed by atoms with Crippen LogP contribution < -0.4 is 5.73 Å². The molecule has 0 fully saturated rings. The number of ketones is 1. The SMILES string of the molecule is NC(=O)CC(=O)c1ccc(Cl)cc1. The van der Waals surface area contributed by atoms with Crippen LogP contribution in [0.25, 0.3) is 0 Å². The van der Waals surface area contributed by atoms with Gasteiger partial charge in [-0.05, 0) is 24.3 Å². The van der Waals surface area contributed by atoms with E-state index < -0.39 is 5.91 Å². The van der Waals surface area contributed by atoms with Crippen molar-refractivity contribution in [1.29, 1.82) is 0 Å². The van der Waals surface area contributed by atoms with Gasteiger partial charge < -0.3 is 5.73 Å². The molecule has 0 saturated carbocycles. The first-order chi connectivity index (χ1) is 6.09. The largest absolute Gasteiger partial charge is 0.369 e. The first-order valence-corrected chi connectivity index (χ1v) is 4.04. The fourth-order valence-corrected chi connectivity index (χ4v) is 1.02. The molecule has 0 spiro atoms. The zero-order valence-corrected chi connectivity index (χ0v) is 7.54. The van der Waals surface area contributed by atoms with Gasteiger partial charge >= 0.3 is 0 Å². The van der Waals surface area contributed by atoms with Crippen molar-refractivity contribution in [2.45, 2.75) is 6.42 Å². The van der Waals surface area contributed by atoms with Gasteiger partial charge in [0.15, 0.2) is 5.78 Å². The van der Waals surface area contributed by atoms with Gasteiger partial charge in [0.1, 0.15) is 0 Å². The highest BCUT2D eigenvalue weighted by molar-refractivity contribution is 6.30. The van der Waals surface area contributed by atoms with Crippen LogP contribution in [0.3, 0.4) is 0 Å². The number of benzene rings is 1. The number of nitrogens with two attached hydrogens (primary N) is 1. The second-order valence-electron chi connectivity index (χ2n) is 2.57. The van der Waals surface area contributed by atoms with Gasteiger partial charge in [0.05, 0.1) is 6.42 Å². The molecule has 0 aliphatic rings. The Labute approximate surface area is 80.5 Å². The summed E-state index contributed by atoms with van der Waals surface area (Å²) in [5, 5.41) is 0.552. The summed E-state index contributed by atoms with van der Waals surface area (Å²) in [6.07, 6.45) is -0.262. The van der Waals surface area contributed by atoms with Crippen LogP contribution in [0, 0.1) is 0 Å². The van der Waals surface area contributed by atoms with Gasteiger partial charge in [-0.25, -0.2) is 0 Å². The Hall–Kier alpha value is -1.35. The first-order valence-electron chi connectivity index (χ1n) is 3.66. The Balaban J connectivity index is 2.78. The maximum Gasteiger partial charge on any atom is 0.225 e. The zero-order valence-electron chi connectivity index (χ0n) is 6.79. The van der Waals surface area contributed by atoms with Gasteiger partial charge in [-0.15, -0.1) is 0 Å². The molecule has 0 atom stereocenters. The average Bonchev–Trinajstić information content (AvgIpc) is 2.04. The van der Waals surface area contributed by atoms with Crippen molar-refractivity contribution in [2.24, 2.45) is 5.73 Å². The number of rotatable bonds is 3. The molecule has 1 aromatic carbocycles. The Morgan fingerprint density at radius 2 is 1.77 bits per heavy atom. The number of Topliss-reactive ketones (excluding diaryl/α,β-unsaturated/α-hetero) is 1. The van der Waals surface area contributed by atoms with Crippen LogP contribution in [0.15, 0.2) is 24.3 Å². The number of hydrogen-bond donors (Lipinski definition) is 1. The standard InChI is InChI=1S/C9H8ClNO2/c10-7-3-1-6(2-4-7)8(12)5-9(11)13/h1-4H,5H2,(H2,11,13). The van der Waals surface area contributed by atoms with Gasteiger partial charge in [0.2, 0.25) is 5.91 Å². The molecular formula is C9H8ClNO2. The summed E-state index contributed by atoms with van der Waals surface area (Å²) in [5.74, 6) is -0.913. The van der Waals surface area contributed by atoms with Crippen LogP contribution in [-0.2, 0) is 4.79 Å². The lowest BCUT2D eigenvalue weighted by molar-refractivity contribution is -0.117. The first kappa shape index (κ1) is 9.74. The molecule has 68 valence electrons. The molecule has 1 amide bonds. The van der Waals surface area contributed by atoms with E-state index in [9.17, 15) is 9.59 Å². The second kappa shape index (κ2) is 4.05. The number of primary amides is 1. The van der Waals surface area contributed by atoms with E-state index in [1.807, 2.05) is 0 Å². The predicted molar refractivity (Wildman–Crippen MR) is 49.6 cm³/mol. The second-order valence-corrected chi connectivity index (χ2v) is 3.01. The van der Waals surface area contributed by atoms with Crippen molar-refractivity contribution < 1.29 is 9.59 Å². The molecule has 2 N–H and O–H groups in total. The number of halogens is 1. The molecule has 1 rings (SSSR count). The molecule has 0 aromatic heterocycles. The summed E-state index contributed by atoms with van der Waals surface area (Å²) in [5.41, 5.74) is 5.32. The van der Waals surface area contributed by atoms with Crippen LogP contribution in [0.1, 0.15) is 16.8 Å². The maximum absolute atomic E-state index is 11.2. The third-order valence-electron chi connectivity index (χ3n) is 1.50. The highest BCUT2D eigenvalue weighted by Gasteiger charge is 2.08. The normalized spacial score (nSPS) is 9.62. The molecule has 3 nitrogen and oxygen atoms in total. The molecule has 4 heteroatoms. The smallest absolute Gasteiger partial charge is 0.225 e. The van der Waals surface area contributed by atoms with Crippen LogP contribution in [0.4, 0.5) is 0 Å². The Bertz CT molecular complexity index is 332. The van der Waals surface area contributed by atoms with E-state index >= 15 is 0 Å². The molecular weight excluding hydrogens is 190 g/mol. The van der Waals surface area contributed by atoms with Crippen molar-refractivity contribution in [1.82, 2.24) is 0 Å². The topological polar surface area (TPSA) is 60.2 Å². The molecule has 0 saturated heterocycles.